The van der Waals surface area contributed by atoms with Crippen molar-refractivity contribution in [3.8, 4) is 23.0 Å². The lowest BCUT2D eigenvalue weighted by Gasteiger charge is -2.32. The molecule has 4 heterocycles. The minimum atomic E-state index is -0.564. The van der Waals surface area contributed by atoms with E-state index in [1.807, 2.05) is 19.1 Å². The lowest BCUT2D eigenvalue weighted by molar-refractivity contribution is -0.125. The van der Waals surface area contributed by atoms with Crippen molar-refractivity contribution in [2.24, 2.45) is 5.92 Å². The van der Waals surface area contributed by atoms with E-state index >= 15 is 0 Å². The Morgan fingerprint density at radius 3 is 3.00 bits per heavy atom. The van der Waals surface area contributed by atoms with Crippen LogP contribution >= 0.6 is 0 Å². The van der Waals surface area contributed by atoms with E-state index in [0.29, 0.717) is 35.9 Å². The molecule has 0 aliphatic carbocycles. The van der Waals surface area contributed by atoms with E-state index in [0.717, 1.165) is 19.4 Å². The maximum absolute atomic E-state index is 14.8. The molecule has 0 radical (unpaired) electrons. The number of hydrogen-bond donors (Lipinski definition) is 2. The highest BCUT2D eigenvalue weighted by Gasteiger charge is 2.30. The number of nitrogens with zero attached hydrogens (tertiary/aromatic N) is 5. The molecule has 2 aromatic heterocycles. The van der Waals surface area contributed by atoms with E-state index in [2.05, 4.69) is 20.5 Å². The monoisotopic (exact) mass is 473 g/mol. The third-order valence-electron chi connectivity index (χ3n) is 6.40. The van der Waals surface area contributed by atoms with Gasteiger partial charge in [0.05, 0.1) is 52.3 Å². The topological polar surface area (TPSA) is 116 Å². The molecule has 1 saturated heterocycles. The quantitative estimate of drug-likeness (QED) is 0.588. The number of nitriles is 1. The smallest absolute Gasteiger partial charge is 0.255 e. The van der Waals surface area contributed by atoms with E-state index in [-0.39, 0.29) is 41.1 Å². The normalized spacial score (nSPS) is 17.0. The number of halogens is 1. The van der Waals surface area contributed by atoms with Crippen LogP contribution in [-0.2, 0) is 11.3 Å². The molecule has 1 atom stereocenters. The van der Waals surface area contributed by atoms with Crippen LogP contribution in [0.5, 0.6) is 0 Å². The first-order valence-electron chi connectivity index (χ1n) is 11.6. The molecule has 10 heteroatoms. The summed E-state index contributed by atoms with van der Waals surface area (Å²) in [5.41, 5.74) is 1.81. The molecule has 0 unspecified atom stereocenters. The van der Waals surface area contributed by atoms with E-state index in [1.54, 1.807) is 16.9 Å². The molecule has 1 fully saturated rings. The molecular weight excluding hydrogens is 449 g/mol. The Morgan fingerprint density at radius 1 is 1.34 bits per heavy atom. The van der Waals surface area contributed by atoms with Crippen LogP contribution < -0.4 is 15.5 Å². The molecule has 5 rings (SSSR count). The standard InChI is InChI=1S/C25H24FN7O2/c1-2-28-24(34)16-6-4-9-32(14-16)21-8-10-33(31-21)20-11-18(30-19-13-29-25(35)23(19)20)22-15(12-27)5-3-7-17(22)26/h3,5,7-8,10-11,16H,2,4,6,9,13-14H2,1H3,(H,28,34)(H,29,35)/t16-/m0/s1. The minimum absolute atomic E-state index is 0.0445. The summed E-state index contributed by atoms with van der Waals surface area (Å²) in [6, 6.07) is 9.73. The molecule has 2 aliphatic heterocycles. The first-order chi connectivity index (χ1) is 17.0. The van der Waals surface area contributed by atoms with Crippen molar-refractivity contribution in [3.05, 3.63) is 59.2 Å². The van der Waals surface area contributed by atoms with E-state index < -0.39 is 5.82 Å². The second kappa shape index (κ2) is 9.18. The predicted octanol–water partition coefficient (Wildman–Crippen LogP) is 2.54. The van der Waals surface area contributed by atoms with Crippen LogP contribution in [0.1, 0.15) is 41.4 Å². The van der Waals surface area contributed by atoms with Crippen LogP contribution in [0.3, 0.4) is 0 Å². The molecular formula is C25H24FN7O2. The van der Waals surface area contributed by atoms with Crippen molar-refractivity contribution >= 4 is 17.6 Å². The van der Waals surface area contributed by atoms with Gasteiger partial charge in [0, 0.05) is 31.9 Å². The number of carbonyl (C=O) groups excluding carboxylic acids is 2. The number of aromatic nitrogens is 3. The van der Waals surface area contributed by atoms with Crippen molar-refractivity contribution in [3.63, 3.8) is 0 Å². The molecule has 0 spiro atoms. The van der Waals surface area contributed by atoms with Gasteiger partial charge in [-0.3, -0.25) is 9.59 Å². The summed E-state index contributed by atoms with van der Waals surface area (Å²) in [6.45, 7) is 4.03. The molecule has 2 amide bonds. The largest absolute Gasteiger partial charge is 0.356 e. The van der Waals surface area contributed by atoms with Crippen molar-refractivity contribution in [2.75, 3.05) is 24.5 Å². The average Bonchev–Trinajstić information content (AvgIpc) is 3.51. The Labute approximate surface area is 201 Å². The van der Waals surface area contributed by atoms with Gasteiger partial charge in [0.25, 0.3) is 5.91 Å². The Morgan fingerprint density at radius 2 is 2.20 bits per heavy atom. The summed E-state index contributed by atoms with van der Waals surface area (Å²) in [6.07, 6.45) is 3.44. The molecule has 0 saturated carbocycles. The first kappa shape index (κ1) is 22.5. The number of pyridine rings is 1. The Hall–Kier alpha value is -4.26. The van der Waals surface area contributed by atoms with E-state index in [1.165, 1.54) is 18.2 Å². The second-order valence-electron chi connectivity index (χ2n) is 8.60. The summed E-state index contributed by atoms with van der Waals surface area (Å²) in [5, 5.41) is 19.9. The SMILES string of the molecule is CCNC(=O)[C@H]1CCCN(c2ccn(-c3cc(-c4c(F)cccc4C#N)nc4c3C(=O)NC4)n2)C1. The van der Waals surface area contributed by atoms with Crippen molar-refractivity contribution in [2.45, 2.75) is 26.3 Å². The van der Waals surface area contributed by atoms with Crippen molar-refractivity contribution in [1.29, 1.82) is 5.26 Å². The highest BCUT2D eigenvalue weighted by atomic mass is 19.1. The van der Waals surface area contributed by atoms with Crippen LogP contribution in [-0.4, -0.2) is 46.2 Å². The molecule has 0 bridgehead atoms. The zero-order valence-electron chi connectivity index (χ0n) is 19.2. The molecule has 2 aliphatic rings. The van der Waals surface area contributed by atoms with Crippen molar-refractivity contribution in [1.82, 2.24) is 25.4 Å². The minimum Gasteiger partial charge on any atom is -0.356 e. The molecule has 3 aromatic rings. The third kappa shape index (κ3) is 4.10. The molecule has 2 N–H and O–H groups in total. The average molecular weight is 474 g/mol. The van der Waals surface area contributed by atoms with Gasteiger partial charge in [0.1, 0.15) is 5.82 Å². The number of anilines is 1. The number of benzene rings is 1. The van der Waals surface area contributed by atoms with Gasteiger partial charge in [-0.25, -0.2) is 14.1 Å². The van der Waals surface area contributed by atoms with Crippen LogP contribution in [0, 0.1) is 23.1 Å². The van der Waals surface area contributed by atoms with Gasteiger partial charge in [0.15, 0.2) is 5.82 Å². The number of piperidine rings is 1. The van der Waals surface area contributed by atoms with Crippen LogP contribution in [0.25, 0.3) is 16.9 Å². The number of carbonyl (C=O) groups is 2. The summed E-state index contributed by atoms with van der Waals surface area (Å²) in [4.78, 5) is 31.5. The van der Waals surface area contributed by atoms with E-state index in [9.17, 15) is 19.2 Å². The Kier molecular flexibility index (Phi) is 5.91. The Bertz CT molecular complexity index is 1360. The van der Waals surface area contributed by atoms with Gasteiger partial charge in [0.2, 0.25) is 5.91 Å². The summed E-state index contributed by atoms with van der Waals surface area (Å²) in [7, 11) is 0. The van der Waals surface area contributed by atoms with Gasteiger partial charge >= 0.3 is 0 Å². The van der Waals surface area contributed by atoms with Crippen LogP contribution in [0.2, 0.25) is 0 Å². The van der Waals surface area contributed by atoms with Crippen molar-refractivity contribution < 1.29 is 14.0 Å². The lowest BCUT2D eigenvalue weighted by atomic mass is 9.97. The maximum Gasteiger partial charge on any atom is 0.255 e. The third-order valence-corrected chi connectivity index (χ3v) is 6.40. The van der Waals surface area contributed by atoms with Crippen LogP contribution in [0.4, 0.5) is 10.2 Å². The predicted molar refractivity (Wildman–Crippen MR) is 126 cm³/mol. The fourth-order valence-electron chi connectivity index (χ4n) is 4.73. The van der Waals surface area contributed by atoms with Gasteiger partial charge < -0.3 is 15.5 Å². The van der Waals surface area contributed by atoms with Gasteiger partial charge in [-0.2, -0.15) is 10.4 Å². The first-order valence-corrected chi connectivity index (χ1v) is 11.6. The van der Waals surface area contributed by atoms with E-state index in [4.69, 9.17) is 5.10 Å². The fourth-order valence-corrected chi connectivity index (χ4v) is 4.73. The molecule has 1 aromatic carbocycles. The van der Waals surface area contributed by atoms with Crippen LogP contribution in [0.15, 0.2) is 36.5 Å². The zero-order valence-corrected chi connectivity index (χ0v) is 19.2. The van der Waals surface area contributed by atoms with Gasteiger partial charge in [-0.1, -0.05) is 6.07 Å². The Balaban J connectivity index is 1.54. The zero-order chi connectivity index (χ0) is 24.5. The van der Waals surface area contributed by atoms with Gasteiger partial charge in [-0.05, 0) is 38.0 Å². The summed E-state index contributed by atoms with van der Waals surface area (Å²) in [5.74, 6) is -0.224. The number of fused-ring (bicyclic) bond motifs is 1. The summed E-state index contributed by atoms with van der Waals surface area (Å²) < 4.78 is 16.3. The summed E-state index contributed by atoms with van der Waals surface area (Å²) >= 11 is 0. The highest BCUT2D eigenvalue weighted by Crippen LogP contribution is 2.32. The second-order valence-corrected chi connectivity index (χ2v) is 8.60. The number of amides is 2. The lowest BCUT2D eigenvalue weighted by Crippen LogP contribution is -2.43. The number of rotatable bonds is 5. The van der Waals surface area contributed by atoms with Gasteiger partial charge in [-0.15, -0.1) is 0 Å². The maximum atomic E-state index is 14.8. The number of hydrogen-bond acceptors (Lipinski definition) is 6. The molecule has 35 heavy (non-hydrogen) atoms. The fraction of sp³-hybridized carbons (Fsp3) is 0.320. The number of nitrogens with one attached hydrogen (secondary N) is 2. The molecule has 178 valence electrons. The molecule has 9 nitrogen and oxygen atoms in total. The highest BCUT2D eigenvalue weighted by molar-refractivity contribution is 6.01.